The van der Waals surface area contributed by atoms with Crippen molar-refractivity contribution in [1.29, 1.82) is 0 Å². The number of sulfonamides is 1. The highest BCUT2D eigenvalue weighted by atomic mass is 32.2. The van der Waals surface area contributed by atoms with E-state index in [0.717, 1.165) is 0 Å². The van der Waals surface area contributed by atoms with Crippen molar-refractivity contribution in [2.24, 2.45) is 0 Å². The molecule has 1 aromatic heterocycles. The third-order valence-corrected chi connectivity index (χ3v) is 3.68. The van der Waals surface area contributed by atoms with Crippen molar-refractivity contribution in [2.45, 2.75) is 4.90 Å². The van der Waals surface area contributed by atoms with Gasteiger partial charge in [-0.2, -0.15) is 5.10 Å². The molecule has 2 aromatic rings. The summed E-state index contributed by atoms with van der Waals surface area (Å²) in [5.41, 5.74) is 0. The summed E-state index contributed by atoms with van der Waals surface area (Å²) < 4.78 is 31.6. The van der Waals surface area contributed by atoms with Crippen LogP contribution in [0.5, 0.6) is 5.75 Å². The predicted molar refractivity (Wildman–Crippen MR) is 71.9 cm³/mol. The highest BCUT2D eigenvalue weighted by Gasteiger charge is 2.14. The summed E-state index contributed by atoms with van der Waals surface area (Å²) in [5, 5.41) is 15.9. The number of aliphatic hydroxyl groups excluding tert-OH is 1. The fourth-order valence-corrected chi connectivity index (χ4v) is 2.43. The van der Waals surface area contributed by atoms with Crippen molar-refractivity contribution < 1.29 is 18.3 Å². The highest BCUT2D eigenvalue weighted by molar-refractivity contribution is 7.92. The maximum atomic E-state index is 12.1. The second-order valence-corrected chi connectivity index (χ2v) is 5.44. The van der Waals surface area contributed by atoms with Gasteiger partial charge in [0, 0.05) is 6.20 Å². The molecule has 2 rings (SSSR count). The first-order valence-corrected chi connectivity index (χ1v) is 7.24. The van der Waals surface area contributed by atoms with E-state index < -0.39 is 10.0 Å². The van der Waals surface area contributed by atoms with Gasteiger partial charge in [0.1, 0.15) is 12.4 Å². The monoisotopic (exact) mass is 295 g/mol. The van der Waals surface area contributed by atoms with Crippen LogP contribution in [0.15, 0.2) is 47.5 Å². The summed E-state index contributed by atoms with van der Waals surface area (Å²) in [6, 6.07) is 8.93. The van der Waals surface area contributed by atoms with Gasteiger partial charge in [-0.15, -0.1) is 5.10 Å². The van der Waals surface area contributed by atoms with Crippen molar-refractivity contribution >= 4 is 15.8 Å². The van der Waals surface area contributed by atoms with Gasteiger partial charge in [-0.3, -0.25) is 4.72 Å². The van der Waals surface area contributed by atoms with Gasteiger partial charge < -0.3 is 9.84 Å². The van der Waals surface area contributed by atoms with Gasteiger partial charge >= 0.3 is 0 Å². The smallest absolute Gasteiger partial charge is 0.263 e. The second-order valence-electron chi connectivity index (χ2n) is 3.76. The molecule has 0 aliphatic carbocycles. The van der Waals surface area contributed by atoms with E-state index in [1.54, 1.807) is 6.07 Å². The maximum Gasteiger partial charge on any atom is 0.263 e. The Kier molecular flexibility index (Phi) is 4.49. The van der Waals surface area contributed by atoms with Crippen LogP contribution in [0, 0.1) is 0 Å². The van der Waals surface area contributed by atoms with Crippen molar-refractivity contribution in [1.82, 2.24) is 10.2 Å². The molecule has 106 valence electrons. The molecule has 1 heterocycles. The zero-order chi connectivity index (χ0) is 14.4. The quantitative estimate of drug-likeness (QED) is 0.811. The van der Waals surface area contributed by atoms with E-state index in [2.05, 4.69) is 14.9 Å². The van der Waals surface area contributed by atoms with Crippen molar-refractivity contribution in [2.75, 3.05) is 17.9 Å². The van der Waals surface area contributed by atoms with Crippen LogP contribution in [-0.4, -0.2) is 36.9 Å². The van der Waals surface area contributed by atoms with E-state index in [9.17, 15) is 8.42 Å². The van der Waals surface area contributed by atoms with Crippen LogP contribution < -0.4 is 9.46 Å². The molecule has 0 atom stereocenters. The maximum absolute atomic E-state index is 12.1. The minimum Gasteiger partial charge on any atom is -0.491 e. The van der Waals surface area contributed by atoms with Gasteiger partial charge in [-0.05, 0) is 36.4 Å². The van der Waals surface area contributed by atoms with Crippen LogP contribution in [0.25, 0.3) is 0 Å². The summed E-state index contributed by atoms with van der Waals surface area (Å²) in [6.45, 7) is 0.0538. The van der Waals surface area contributed by atoms with E-state index in [0.29, 0.717) is 5.75 Å². The Morgan fingerprint density at radius 3 is 2.55 bits per heavy atom. The zero-order valence-electron chi connectivity index (χ0n) is 10.4. The molecular formula is C12H13N3O4S. The second kappa shape index (κ2) is 6.31. The summed E-state index contributed by atoms with van der Waals surface area (Å²) in [6.07, 6.45) is 1.45. The molecule has 0 fully saturated rings. The Labute approximate surface area is 116 Å². The lowest BCUT2D eigenvalue weighted by atomic mass is 10.3. The lowest BCUT2D eigenvalue weighted by Crippen LogP contribution is -2.14. The summed E-state index contributed by atoms with van der Waals surface area (Å²) in [4.78, 5) is 0.0829. The molecule has 0 saturated heterocycles. The molecule has 0 aliphatic heterocycles. The Bertz CT molecular complexity index is 644. The third kappa shape index (κ3) is 3.65. The van der Waals surface area contributed by atoms with Gasteiger partial charge in [0.15, 0.2) is 5.82 Å². The minimum absolute atomic E-state index is 0.0829. The summed E-state index contributed by atoms with van der Waals surface area (Å²) >= 11 is 0. The molecule has 1 aromatic carbocycles. The number of anilines is 1. The van der Waals surface area contributed by atoms with E-state index in [4.69, 9.17) is 9.84 Å². The van der Waals surface area contributed by atoms with Crippen LogP contribution in [0.4, 0.5) is 5.82 Å². The predicted octanol–water partition coefficient (Wildman–Crippen LogP) is 0.648. The van der Waals surface area contributed by atoms with Gasteiger partial charge in [-0.25, -0.2) is 8.42 Å². The van der Waals surface area contributed by atoms with Gasteiger partial charge in [0.25, 0.3) is 10.0 Å². The normalized spacial score (nSPS) is 11.1. The van der Waals surface area contributed by atoms with Crippen LogP contribution in [0.1, 0.15) is 0 Å². The molecule has 0 unspecified atom stereocenters. The lowest BCUT2D eigenvalue weighted by Gasteiger charge is -2.08. The molecular weight excluding hydrogens is 282 g/mol. The van der Waals surface area contributed by atoms with Crippen LogP contribution in [0.3, 0.4) is 0 Å². The van der Waals surface area contributed by atoms with E-state index in [1.165, 1.54) is 36.5 Å². The van der Waals surface area contributed by atoms with E-state index >= 15 is 0 Å². The largest absolute Gasteiger partial charge is 0.491 e. The number of aromatic nitrogens is 2. The first-order valence-electron chi connectivity index (χ1n) is 5.76. The fraction of sp³-hybridized carbons (Fsp3) is 0.167. The average Bonchev–Trinajstić information content (AvgIpc) is 2.46. The lowest BCUT2D eigenvalue weighted by molar-refractivity contribution is 0.201. The molecule has 0 radical (unpaired) electrons. The van der Waals surface area contributed by atoms with Crippen molar-refractivity contribution in [3.05, 3.63) is 42.6 Å². The van der Waals surface area contributed by atoms with Crippen molar-refractivity contribution in [3.8, 4) is 5.75 Å². The SMILES string of the molecule is O=S(=O)(Nc1cccnn1)c1ccc(OCCO)cc1. The molecule has 0 saturated carbocycles. The fourth-order valence-electron chi connectivity index (χ4n) is 1.43. The van der Waals surface area contributed by atoms with E-state index in [-0.39, 0.29) is 23.9 Å². The topological polar surface area (TPSA) is 101 Å². The van der Waals surface area contributed by atoms with Gasteiger partial charge in [0.05, 0.1) is 11.5 Å². The average molecular weight is 295 g/mol. The molecule has 7 nitrogen and oxygen atoms in total. The number of hydrogen-bond donors (Lipinski definition) is 2. The summed E-state index contributed by atoms with van der Waals surface area (Å²) in [5.74, 6) is 0.630. The molecule has 0 spiro atoms. The Balaban J connectivity index is 2.13. The molecule has 2 N–H and O–H groups in total. The van der Waals surface area contributed by atoms with Gasteiger partial charge in [-0.1, -0.05) is 0 Å². The third-order valence-electron chi connectivity index (χ3n) is 2.31. The Morgan fingerprint density at radius 1 is 1.20 bits per heavy atom. The number of nitrogens with one attached hydrogen (secondary N) is 1. The van der Waals surface area contributed by atoms with Gasteiger partial charge in [0.2, 0.25) is 0 Å². The van der Waals surface area contributed by atoms with Crippen LogP contribution >= 0.6 is 0 Å². The summed E-state index contributed by atoms with van der Waals surface area (Å²) in [7, 11) is -3.71. The molecule has 0 aliphatic rings. The first kappa shape index (κ1) is 14.2. The Hall–Kier alpha value is -2.19. The van der Waals surface area contributed by atoms with Crippen molar-refractivity contribution in [3.63, 3.8) is 0 Å². The number of ether oxygens (including phenoxy) is 1. The number of hydrogen-bond acceptors (Lipinski definition) is 6. The standard InChI is InChI=1S/C12H13N3O4S/c16-8-9-19-10-3-5-11(6-4-10)20(17,18)15-12-2-1-7-13-14-12/h1-7,16H,8-9H2,(H,14,15). The minimum atomic E-state index is -3.71. The molecule has 0 amide bonds. The number of aliphatic hydroxyl groups is 1. The number of rotatable bonds is 6. The highest BCUT2D eigenvalue weighted by Crippen LogP contribution is 2.18. The molecule has 8 heteroatoms. The number of nitrogens with zero attached hydrogens (tertiary/aromatic N) is 2. The molecule has 0 bridgehead atoms. The Morgan fingerprint density at radius 2 is 1.95 bits per heavy atom. The van der Waals surface area contributed by atoms with Crippen LogP contribution in [-0.2, 0) is 10.0 Å². The molecule has 20 heavy (non-hydrogen) atoms. The van der Waals surface area contributed by atoms with E-state index in [1.807, 2.05) is 0 Å². The van der Waals surface area contributed by atoms with Crippen LogP contribution in [0.2, 0.25) is 0 Å². The first-order chi connectivity index (χ1) is 9.62. The zero-order valence-corrected chi connectivity index (χ0v) is 11.2. The number of benzene rings is 1.